The molecule has 0 fully saturated rings. The highest BCUT2D eigenvalue weighted by molar-refractivity contribution is 6.02. The van der Waals surface area contributed by atoms with Gasteiger partial charge in [-0.3, -0.25) is 15.0 Å². The van der Waals surface area contributed by atoms with Crippen LogP contribution in [-0.4, -0.2) is 43.0 Å². The number of hydrogen-bond donors (Lipinski definition) is 3. The lowest BCUT2D eigenvalue weighted by Crippen LogP contribution is -2.23. The molecule has 5 aromatic rings. The lowest BCUT2D eigenvalue weighted by atomic mass is 10.1. The van der Waals surface area contributed by atoms with E-state index in [9.17, 15) is 23.1 Å². The highest BCUT2D eigenvalue weighted by Crippen LogP contribution is 2.37. The molecule has 0 aliphatic carbocycles. The molecule has 3 N–H and O–H groups in total. The minimum Gasteiger partial charge on any atom is -0.474 e. The summed E-state index contributed by atoms with van der Waals surface area (Å²) in [4.78, 5) is 17.7. The molecule has 5 rings (SSSR count). The number of aliphatic hydroxyl groups excluding tert-OH is 1. The molecule has 0 spiro atoms. The maximum atomic E-state index is 13.8. The predicted octanol–water partition coefficient (Wildman–Crippen LogP) is 5.92. The van der Waals surface area contributed by atoms with Crippen molar-refractivity contribution < 1.29 is 27.8 Å². The molecule has 0 bridgehead atoms. The zero-order valence-electron chi connectivity index (χ0n) is 21.5. The third kappa shape index (κ3) is 5.34. The second-order valence-electron chi connectivity index (χ2n) is 9.05. The smallest absolute Gasteiger partial charge is 0.419 e. The summed E-state index contributed by atoms with van der Waals surface area (Å²) in [6, 6.07) is 19.1. The molecule has 1 atom stereocenters. The Balaban J connectivity index is 1.55. The highest BCUT2D eigenvalue weighted by Gasteiger charge is 2.35. The number of hydrogen-bond acceptors (Lipinski definition) is 5. The lowest BCUT2D eigenvalue weighted by Gasteiger charge is -2.12. The van der Waals surface area contributed by atoms with E-state index in [1.807, 2.05) is 6.07 Å². The monoisotopic (exact) mass is 550 g/mol. The number of carbonyl (C=O) groups is 1. The average Bonchev–Trinajstić information content (AvgIpc) is 3.45. The van der Waals surface area contributed by atoms with Gasteiger partial charge in [-0.1, -0.05) is 48.5 Å². The van der Waals surface area contributed by atoms with Gasteiger partial charge in [0.25, 0.3) is 0 Å². The number of benzene rings is 2. The van der Waals surface area contributed by atoms with E-state index < -0.39 is 23.9 Å². The standard InChI is InChI=1S/C28H25F3N6O3/c1-17(38)16-40-26-18(2)23(37(35-26)20-12-7-4-8-13-20)33-27(39)34-25-22(19-10-5-3-6-11-19)32-24-21(28(29,30)31)14-9-15-36(24)25/h3-15,17,38H,16H2,1-2H3,(H2,33,34,39). The molecule has 0 radical (unpaired) electrons. The van der Waals surface area contributed by atoms with Crippen molar-refractivity contribution in [3.05, 3.63) is 90.1 Å². The van der Waals surface area contributed by atoms with Crippen molar-refractivity contribution in [1.29, 1.82) is 0 Å². The van der Waals surface area contributed by atoms with Crippen LogP contribution in [0.3, 0.4) is 0 Å². The number of anilines is 2. The summed E-state index contributed by atoms with van der Waals surface area (Å²) in [5, 5.41) is 19.5. The van der Waals surface area contributed by atoms with Gasteiger partial charge in [0.2, 0.25) is 5.88 Å². The van der Waals surface area contributed by atoms with Crippen molar-refractivity contribution in [3.63, 3.8) is 0 Å². The van der Waals surface area contributed by atoms with E-state index in [0.717, 1.165) is 6.07 Å². The number of aliphatic hydroxyl groups is 1. The third-order valence-electron chi connectivity index (χ3n) is 6.01. The number of rotatable bonds is 7. The van der Waals surface area contributed by atoms with Crippen molar-refractivity contribution in [2.45, 2.75) is 26.1 Å². The van der Waals surface area contributed by atoms with Crippen LogP contribution in [-0.2, 0) is 6.18 Å². The molecule has 0 aliphatic rings. The Morgan fingerprint density at radius 2 is 1.65 bits per heavy atom. The van der Waals surface area contributed by atoms with Crippen LogP contribution in [0.5, 0.6) is 5.88 Å². The number of aromatic nitrogens is 4. The summed E-state index contributed by atoms with van der Waals surface area (Å²) in [5.41, 5.74) is 0.528. The largest absolute Gasteiger partial charge is 0.474 e. The van der Waals surface area contributed by atoms with Crippen LogP contribution in [0.15, 0.2) is 79.0 Å². The van der Waals surface area contributed by atoms with Gasteiger partial charge in [0.05, 0.1) is 22.9 Å². The zero-order valence-corrected chi connectivity index (χ0v) is 21.5. The van der Waals surface area contributed by atoms with E-state index in [1.165, 1.54) is 21.3 Å². The Morgan fingerprint density at radius 1 is 1.00 bits per heavy atom. The molecule has 2 amide bonds. The van der Waals surface area contributed by atoms with Crippen LogP contribution >= 0.6 is 0 Å². The summed E-state index contributed by atoms with van der Waals surface area (Å²) >= 11 is 0. The number of carbonyl (C=O) groups excluding carboxylic acids is 1. The van der Waals surface area contributed by atoms with E-state index in [0.29, 0.717) is 16.8 Å². The second kappa shape index (κ2) is 10.7. The molecule has 1 unspecified atom stereocenters. The van der Waals surface area contributed by atoms with Gasteiger partial charge in [0, 0.05) is 11.8 Å². The summed E-state index contributed by atoms with van der Waals surface area (Å²) in [5.74, 6) is 0.531. The normalized spacial score (nSPS) is 12.3. The van der Waals surface area contributed by atoms with Gasteiger partial charge in [-0.15, -0.1) is 5.10 Å². The van der Waals surface area contributed by atoms with Gasteiger partial charge in [0.15, 0.2) is 5.65 Å². The van der Waals surface area contributed by atoms with Gasteiger partial charge in [-0.25, -0.2) is 14.5 Å². The highest BCUT2D eigenvalue weighted by atomic mass is 19.4. The number of amides is 2. The summed E-state index contributed by atoms with van der Waals surface area (Å²) in [6.45, 7) is 3.25. The number of nitrogens with one attached hydrogen (secondary N) is 2. The van der Waals surface area contributed by atoms with Crippen LogP contribution < -0.4 is 15.4 Å². The number of ether oxygens (including phenoxy) is 1. The number of fused-ring (bicyclic) bond motifs is 1. The summed E-state index contributed by atoms with van der Waals surface area (Å²) in [7, 11) is 0. The maximum absolute atomic E-state index is 13.8. The molecule has 3 heterocycles. The van der Waals surface area contributed by atoms with Gasteiger partial charge in [-0.05, 0) is 38.1 Å². The topological polar surface area (TPSA) is 106 Å². The molecule has 40 heavy (non-hydrogen) atoms. The molecule has 0 saturated carbocycles. The van der Waals surface area contributed by atoms with Crippen LogP contribution in [0.25, 0.3) is 22.6 Å². The molecular formula is C28H25F3N6O3. The van der Waals surface area contributed by atoms with E-state index in [1.54, 1.807) is 68.4 Å². The molecule has 206 valence electrons. The number of pyridine rings is 1. The first kappa shape index (κ1) is 26.8. The fourth-order valence-electron chi connectivity index (χ4n) is 4.17. The van der Waals surface area contributed by atoms with Gasteiger partial charge in [0.1, 0.15) is 23.9 Å². The molecule has 2 aromatic carbocycles. The fourth-order valence-corrected chi connectivity index (χ4v) is 4.17. The van der Waals surface area contributed by atoms with Crippen LogP contribution in [0.1, 0.15) is 18.1 Å². The van der Waals surface area contributed by atoms with Gasteiger partial charge in [-0.2, -0.15) is 13.2 Å². The number of para-hydroxylation sites is 1. The molecule has 0 aliphatic heterocycles. The van der Waals surface area contributed by atoms with Gasteiger partial charge >= 0.3 is 12.2 Å². The van der Waals surface area contributed by atoms with Crippen LogP contribution in [0.4, 0.5) is 29.6 Å². The molecular weight excluding hydrogens is 525 g/mol. The minimum absolute atomic E-state index is 0.0118. The molecule has 3 aromatic heterocycles. The summed E-state index contributed by atoms with van der Waals surface area (Å²) in [6.07, 6.45) is -3.99. The Kier molecular flexibility index (Phi) is 7.18. The Labute approximate surface area is 226 Å². The van der Waals surface area contributed by atoms with Crippen molar-refractivity contribution in [1.82, 2.24) is 19.2 Å². The SMILES string of the molecule is Cc1c(OCC(C)O)nn(-c2ccccc2)c1NC(=O)Nc1c(-c2ccccc2)nc2c(C(F)(F)F)cccn12. The van der Waals surface area contributed by atoms with Crippen LogP contribution in [0.2, 0.25) is 0 Å². The third-order valence-corrected chi connectivity index (χ3v) is 6.01. The Hall–Kier alpha value is -4.84. The number of urea groups is 1. The van der Waals surface area contributed by atoms with E-state index in [-0.39, 0.29) is 35.5 Å². The molecule has 0 saturated heterocycles. The summed E-state index contributed by atoms with van der Waals surface area (Å²) < 4.78 is 49.7. The molecule has 12 heteroatoms. The minimum atomic E-state index is -4.65. The number of nitrogens with zero attached hydrogens (tertiary/aromatic N) is 4. The quantitative estimate of drug-likeness (QED) is 0.233. The maximum Gasteiger partial charge on any atom is 0.419 e. The Morgan fingerprint density at radius 3 is 2.30 bits per heavy atom. The Bertz CT molecular complexity index is 1650. The van der Waals surface area contributed by atoms with E-state index >= 15 is 0 Å². The first-order chi connectivity index (χ1) is 19.1. The van der Waals surface area contributed by atoms with Crippen LogP contribution in [0, 0.1) is 6.92 Å². The first-order valence-electron chi connectivity index (χ1n) is 12.3. The molecule has 9 nitrogen and oxygen atoms in total. The van der Waals surface area contributed by atoms with Crippen molar-refractivity contribution in [3.8, 4) is 22.8 Å². The number of imidazole rings is 1. The predicted molar refractivity (Wildman–Crippen MR) is 144 cm³/mol. The first-order valence-corrected chi connectivity index (χ1v) is 12.3. The average molecular weight is 551 g/mol. The zero-order chi connectivity index (χ0) is 28.4. The van der Waals surface area contributed by atoms with Gasteiger partial charge < -0.3 is 9.84 Å². The van der Waals surface area contributed by atoms with E-state index in [4.69, 9.17) is 4.74 Å². The lowest BCUT2D eigenvalue weighted by molar-refractivity contribution is -0.136. The van der Waals surface area contributed by atoms with Crippen molar-refractivity contribution in [2.24, 2.45) is 0 Å². The van der Waals surface area contributed by atoms with Crippen molar-refractivity contribution >= 4 is 23.3 Å². The second-order valence-corrected chi connectivity index (χ2v) is 9.05. The fraction of sp³-hybridized carbons (Fsp3) is 0.179. The number of alkyl halides is 3. The van der Waals surface area contributed by atoms with Crippen molar-refractivity contribution in [2.75, 3.05) is 17.2 Å². The van der Waals surface area contributed by atoms with E-state index in [2.05, 4.69) is 20.7 Å². The number of halogens is 3.